The van der Waals surface area contributed by atoms with E-state index in [1.165, 1.54) is 27.6 Å². The highest BCUT2D eigenvalue weighted by molar-refractivity contribution is 5.83. The maximum Gasteiger partial charge on any atom is 0.108 e. The second kappa shape index (κ2) is 7.22. The van der Waals surface area contributed by atoms with Crippen molar-refractivity contribution >= 4 is 17.0 Å². The highest BCUT2D eigenvalue weighted by Gasteiger charge is 2.21. The van der Waals surface area contributed by atoms with Gasteiger partial charge in [0, 0.05) is 23.1 Å². The van der Waals surface area contributed by atoms with E-state index in [-0.39, 0.29) is 5.76 Å². The lowest BCUT2D eigenvalue weighted by Gasteiger charge is -2.14. The van der Waals surface area contributed by atoms with E-state index in [4.69, 9.17) is 0 Å². The first-order valence-corrected chi connectivity index (χ1v) is 9.18. The smallest absolute Gasteiger partial charge is 0.108 e. The summed E-state index contributed by atoms with van der Waals surface area (Å²) >= 11 is 0. The Morgan fingerprint density at radius 3 is 3.04 bits per heavy atom. The van der Waals surface area contributed by atoms with Crippen molar-refractivity contribution in [1.29, 1.82) is 0 Å². The number of aromatic nitrogens is 1. The predicted octanol–water partition coefficient (Wildman–Crippen LogP) is 5.07. The van der Waals surface area contributed by atoms with Crippen LogP contribution in [0.3, 0.4) is 0 Å². The molecule has 1 aliphatic rings. The molecule has 3 N–H and O–H groups in total. The second-order valence-corrected chi connectivity index (χ2v) is 6.94. The van der Waals surface area contributed by atoms with Crippen LogP contribution in [0.1, 0.15) is 34.7 Å². The first-order valence-electron chi connectivity index (χ1n) is 9.18. The van der Waals surface area contributed by atoms with Gasteiger partial charge in [0.25, 0.3) is 0 Å². The van der Waals surface area contributed by atoms with Crippen molar-refractivity contribution in [2.75, 3.05) is 6.54 Å². The van der Waals surface area contributed by atoms with Gasteiger partial charge in [0.05, 0.1) is 0 Å². The van der Waals surface area contributed by atoms with Crippen molar-refractivity contribution in [3.8, 4) is 0 Å². The number of fused-ring (bicyclic) bond motifs is 2. The first kappa shape index (κ1) is 16.7. The molecule has 1 aromatic heterocycles. The lowest BCUT2D eigenvalue weighted by molar-refractivity contribution is 0.436. The number of para-hydroxylation sites is 1. The lowest BCUT2D eigenvalue weighted by Crippen LogP contribution is -2.21. The van der Waals surface area contributed by atoms with Gasteiger partial charge in [-0.1, -0.05) is 49.1 Å². The maximum atomic E-state index is 9.20. The molecule has 3 heteroatoms. The van der Waals surface area contributed by atoms with Crippen LogP contribution in [0.2, 0.25) is 0 Å². The fraction of sp³-hybridized carbons (Fsp3) is 0.217. The standard InChI is InChI=1S/C23H24N2O/c1-16(26)6-7-17-8-10-21-18(14-17)9-11-23(21)24-13-12-19-15-25-22-5-3-2-4-20(19)22/h2-8,10,14-15,23-26H,1,9,11-13H2/b7-6+. The van der Waals surface area contributed by atoms with Crippen LogP contribution in [0.4, 0.5) is 0 Å². The molecule has 2 aromatic carbocycles. The van der Waals surface area contributed by atoms with Gasteiger partial charge in [-0.25, -0.2) is 0 Å². The Balaban J connectivity index is 1.39. The summed E-state index contributed by atoms with van der Waals surface area (Å²) in [7, 11) is 0. The van der Waals surface area contributed by atoms with E-state index in [2.05, 4.69) is 65.5 Å². The molecule has 26 heavy (non-hydrogen) atoms. The van der Waals surface area contributed by atoms with Crippen LogP contribution in [0, 0.1) is 0 Å². The summed E-state index contributed by atoms with van der Waals surface area (Å²) < 4.78 is 0. The molecule has 1 aliphatic carbocycles. The van der Waals surface area contributed by atoms with E-state index < -0.39 is 0 Å². The number of aromatic amines is 1. The summed E-state index contributed by atoms with van der Waals surface area (Å²) in [5, 5.41) is 14.2. The fourth-order valence-corrected chi connectivity index (χ4v) is 3.87. The topological polar surface area (TPSA) is 48.0 Å². The predicted molar refractivity (Wildman–Crippen MR) is 108 cm³/mol. The molecule has 0 spiro atoms. The summed E-state index contributed by atoms with van der Waals surface area (Å²) in [5.74, 6) is 0.0855. The Kier molecular flexibility index (Phi) is 4.63. The molecule has 0 radical (unpaired) electrons. The SMILES string of the molecule is C=C(O)/C=C/c1ccc2c(c1)CCC2NCCc1c[nH]c2ccccc12. The number of nitrogens with one attached hydrogen (secondary N) is 2. The van der Waals surface area contributed by atoms with Gasteiger partial charge in [0.2, 0.25) is 0 Å². The van der Waals surface area contributed by atoms with E-state index in [0.717, 1.165) is 31.4 Å². The molecule has 0 amide bonds. The van der Waals surface area contributed by atoms with Gasteiger partial charge in [-0.2, -0.15) is 0 Å². The van der Waals surface area contributed by atoms with E-state index in [0.29, 0.717) is 6.04 Å². The largest absolute Gasteiger partial charge is 0.509 e. The Morgan fingerprint density at radius 2 is 2.15 bits per heavy atom. The monoisotopic (exact) mass is 344 g/mol. The van der Waals surface area contributed by atoms with Crippen molar-refractivity contribution < 1.29 is 5.11 Å². The third-order valence-corrected chi connectivity index (χ3v) is 5.17. The second-order valence-electron chi connectivity index (χ2n) is 6.94. The van der Waals surface area contributed by atoms with E-state index in [1.54, 1.807) is 6.08 Å². The highest BCUT2D eigenvalue weighted by Crippen LogP contribution is 2.32. The summed E-state index contributed by atoms with van der Waals surface area (Å²) in [6.07, 6.45) is 8.93. The number of hydrogen-bond donors (Lipinski definition) is 3. The molecule has 0 saturated heterocycles. The summed E-state index contributed by atoms with van der Waals surface area (Å²) in [4.78, 5) is 3.35. The maximum absolute atomic E-state index is 9.20. The molecule has 1 heterocycles. The molecule has 1 atom stereocenters. The Bertz CT molecular complexity index is 967. The Hall–Kier alpha value is -2.78. The van der Waals surface area contributed by atoms with E-state index in [1.807, 2.05) is 6.08 Å². The zero-order valence-electron chi connectivity index (χ0n) is 14.8. The van der Waals surface area contributed by atoms with Crippen LogP contribution < -0.4 is 5.32 Å². The van der Waals surface area contributed by atoms with Gasteiger partial charge < -0.3 is 15.4 Å². The average Bonchev–Trinajstić information content (AvgIpc) is 3.24. The van der Waals surface area contributed by atoms with Crippen LogP contribution in [-0.4, -0.2) is 16.6 Å². The van der Waals surface area contributed by atoms with Crippen LogP contribution in [0.15, 0.2) is 67.1 Å². The number of aryl methyl sites for hydroxylation is 1. The molecule has 0 bridgehead atoms. The number of allylic oxidation sites excluding steroid dienone is 1. The van der Waals surface area contributed by atoms with Crippen molar-refractivity contribution in [2.45, 2.75) is 25.3 Å². The third kappa shape index (κ3) is 3.44. The van der Waals surface area contributed by atoms with Crippen LogP contribution in [0.25, 0.3) is 17.0 Å². The van der Waals surface area contributed by atoms with Gasteiger partial charge in [0.1, 0.15) is 5.76 Å². The average molecular weight is 344 g/mol. The molecule has 0 saturated carbocycles. The van der Waals surface area contributed by atoms with E-state index in [9.17, 15) is 5.11 Å². The highest BCUT2D eigenvalue weighted by atomic mass is 16.3. The third-order valence-electron chi connectivity index (χ3n) is 5.17. The van der Waals surface area contributed by atoms with Gasteiger partial charge in [-0.3, -0.25) is 0 Å². The van der Waals surface area contributed by atoms with Gasteiger partial charge >= 0.3 is 0 Å². The van der Waals surface area contributed by atoms with Crippen molar-refractivity contribution in [3.05, 3.63) is 89.3 Å². The van der Waals surface area contributed by atoms with Crippen LogP contribution in [-0.2, 0) is 12.8 Å². The molecular formula is C23H24N2O. The van der Waals surface area contributed by atoms with Crippen molar-refractivity contribution in [3.63, 3.8) is 0 Å². The Morgan fingerprint density at radius 1 is 1.27 bits per heavy atom. The fourth-order valence-electron chi connectivity index (χ4n) is 3.87. The van der Waals surface area contributed by atoms with E-state index >= 15 is 0 Å². The van der Waals surface area contributed by atoms with Crippen LogP contribution in [0.5, 0.6) is 0 Å². The number of aliphatic hydroxyl groups is 1. The zero-order chi connectivity index (χ0) is 17.9. The van der Waals surface area contributed by atoms with Gasteiger partial charge in [-0.05, 0) is 60.2 Å². The molecule has 3 nitrogen and oxygen atoms in total. The minimum absolute atomic E-state index is 0.0855. The van der Waals surface area contributed by atoms with Crippen molar-refractivity contribution in [2.24, 2.45) is 0 Å². The summed E-state index contributed by atoms with van der Waals surface area (Å²) in [5.41, 5.74) is 6.50. The number of aliphatic hydroxyl groups excluding tert-OH is 1. The first-order chi connectivity index (χ1) is 12.7. The molecular weight excluding hydrogens is 320 g/mol. The molecule has 1 unspecified atom stereocenters. The number of hydrogen-bond acceptors (Lipinski definition) is 2. The Labute approximate surface area is 154 Å². The lowest BCUT2D eigenvalue weighted by atomic mass is 10.0. The van der Waals surface area contributed by atoms with Gasteiger partial charge in [-0.15, -0.1) is 0 Å². The zero-order valence-corrected chi connectivity index (χ0v) is 14.8. The molecule has 132 valence electrons. The molecule has 0 fully saturated rings. The molecule has 0 aliphatic heterocycles. The number of rotatable bonds is 6. The van der Waals surface area contributed by atoms with Crippen molar-refractivity contribution in [1.82, 2.24) is 10.3 Å². The quantitative estimate of drug-likeness (QED) is 0.432. The minimum atomic E-state index is 0.0855. The molecule has 4 rings (SSSR count). The van der Waals surface area contributed by atoms with Crippen LogP contribution >= 0.6 is 0 Å². The minimum Gasteiger partial charge on any atom is -0.509 e. The summed E-state index contributed by atoms with van der Waals surface area (Å²) in [6, 6.07) is 15.4. The number of H-pyrrole nitrogens is 1. The summed E-state index contributed by atoms with van der Waals surface area (Å²) in [6.45, 7) is 4.46. The number of benzene rings is 2. The van der Waals surface area contributed by atoms with Gasteiger partial charge in [0.15, 0.2) is 0 Å². The molecule has 3 aromatic rings. The normalized spacial score (nSPS) is 16.4.